The minimum Gasteiger partial charge on any atom is -0.465 e. The van der Waals surface area contributed by atoms with Crippen molar-refractivity contribution in [2.45, 2.75) is 23.0 Å². The molecule has 178 valence electrons. The standard InChI is InChI=1S/C26H21ClN2O5S/c1-34-26(33)17-4-10-20(11-5-17)29-24(31)15-22(25(29)32)35-21-12-8-19(9-13-21)28-23(30)14-16-2-6-18(27)7-3-16/h2-13,22H,14-15H2,1H3,(H,28,30). The summed E-state index contributed by atoms with van der Waals surface area (Å²) in [5, 5.41) is 2.90. The number of thioether (sulfide) groups is 1. The third-order valence-corrected chi connectivity index (χ3v) is 6.80. The van der Waals surface area contributed by atoms with Gasteiger partial charge in [-0.15, -0.1) is 11.8 Å². The average molecular weight is 509 g/mol. The first-order valence-corrected chi connectivity index (χ1v) is 12.0. The van der Waals surface area contributed by atoms with E-state index < -0.39 is 11.2 Å². The van der Waals surface area contributed by atoms with Crippen LogP contribution < -0.4 is 10.2 Å². The number of nitrogens with one attached hydrogen (secondary N) is 1. The summed E-state index contributed by atoms with van der Waals surface area (Å²) in [6, 6.07) is 20.3. The molecule has 1 heterocycles. The molecule has 35 heavy (non-hydrogen) atoms. The Morgan fingerprint density at radius 2 is 1.66 bits per heavy atom. The summed E-state index contributed by atoms with van der Waals surface area (Å²) in [4.78, 5) is 51.3. The molecule has 0 saturated carbocycles. The van der Waals surface area contributed by atoms with Gasteiger partial charge in [0.2, 0.25) is 17.7 Å². The molecular weight excluding hydrogens is 488 g/mol. The van der Waals surface area contributed by atoms with Gasteiger partial charge in [0.1, 0.15) is 0 Å². The van der Waals surface area contributed by atoms with Crippen LogP contribution in [0.5, 0.6) is 0 Å². The van der Waals surface area contributed by atoms with E-state index in [2.05, 4.69) is 10.1 Å². The van der Waals surface area contributed by atoms with Crippen molar-refractivity contribution in [2.24, 2.45) is 0 Å². The Bertz CT molecular complexity index is 1260. The van der Waals surface area contributed by atoms with Crippen molar-refractivity contribution in [3.05, 3.63) is 88.9 Å². The fourth-order valence-electron chi connectivity index (χ4n) is 3.61. The van der Waals surface area contributed by atoms with Crippen molar-refractivity contribution in [1.82, 2.24) is 0 Å². The Morgan fingerprint density at radius 3 is 2.29 bits per heavy atom. The third-order valence-electron chi connectivity index (χ3n) is 5.35. The number of nitrogens with zero attached hydrogens (tertiary/aromatic N) is 1. The number of hydrogen-bond donors (Lipinski definition) is 1. The largest absolute Gasteiger partial charge is 0.465 e. The molecule has 9 heteroatoms. The molecule has 4 rings (SSSR count). The van der Waals surface area contributed by atoms with E-state index in [4.69, 9.17) is 11.6 Å². The lowest BCUT2D eigenvalue weighted by Gasteiger charge is -2.15. The first-order chi connectivity index (χ1) is 16.8. The van der Waals surface area contributed by atoms with Gasteiger partial charge in [-0.25, -0.2) is 9.69 Å². The first-order valence-electron chi connectivity index (χ1n) is 10.7. The maximum atomic E-state index is 12.9. The molecule has 3 amide bonds. The molecule has 0 radical (unpaired) electrons. The van der Waals surface area contributed by atoms with E-state index in [1.54, 1.807) is 60.7 Å². The van der Waals surface area contributed by atoms with Crippen LogP contribution in [-0.4, -0.2) is 36.1 Å². The van der Waals surface area contributed by atoms with Crippen molar-refractivity contribution in [3.63, 3.8) is 0 Å². The van der Waals surface area contributed by atoms with Gasteiger partial charge < -0.3 is 10.1 Å². The zero-order valence-electron chi connectivity index (χ0n) is 18.7. The van der Waals surface area contributed by atoms with Crippen LogP contribution in [0.4, 0.5) is 11.4 Å². The number of imide groups is 1. The summed E-state index contributed by atoms with van der Waals surface area (Å²) in [7, 11) is 1.29. The number of hydrogen-bond acceptors (Lipinski definition) is 6. The number of ether oxygens (including phenoxy) is 1. The second-order valence-electron chi connectivity index (χ2n) is 7.79. The molecule has 1 fully saturated rings. The number of carbonyl (C=O) groups excluding carboxylic acids is 4. The van der Waals surface area contributed by atoms with Crippen molar-refractivity contribution in [3.8, 4) is 0 Å². The lowest BCUT2D eigenvalue weighted by Crippen LogP contribution is -2.31. The Morgan fingerprint density at radius 1 is 1.00 bits per heavy atom. The van der Waals surface area contributed by atoms with Gasteiger partial charge in [-0.05, 0) is 66.2 Å². The van der Waals surface area contributed by atoms with Crippen molar-refractivity contribution in [1.29, 1.82) is 0 Å². The van der Waals surface area contributed by atoms with Gasteiger partial charge in [0.05, 0.1) is 30.0 Å². The van der Waals surface area contributed by atoms with Crippen LogP contribution in [0.2, 0.25) is 5.02 Å². The summed E-state index contributed by atoms with van der Waals surface area (Å²) >= 11 is 7.16. The molecule has 1 aliphatic heterocycles. The van der Waals surface area contributed by atoms with Crippen molar-refractivity contribution in [2.75, 3.05) is 17.3 Å². The van der Waals surface area contributed by atoms with Gasteiger partial charge in [-0.2, -0.15) is 0 Å². The number of methoxy groups -OCH3 is 1. The molecule has 7 nitrogen and oxygen atoms in total. The van der Waals surface area contributed by atoms with Crippen LogP contribution in [0, 0.1) is 0 Å². The van der Waals surface area contributed by atoms with Gasteiger partial charge in [0.15, 0.2) is 0 Å². The molecule has 0 aliphatic carbocycles. The van der Waals surface area contributed by atoms with Crippen LogP contribution in [0.1, 0.15) is 22.3 Å². The van der Waals surface area contributed by atoms with E-state index in [1.165, 1.54) is 31.0 Å². The minimum absolute atomic E-state index is 0.0713. The van der Waals surface area contributed by atoms with Gasteiger partial charge >= 0.3 is 5.97 Å². The molecule has 1 aliphatic rings. The normalized spacial score (nSPS) is 15.3. The quantitative estimate of drug-likeness (QED) is 0.366. The first kappa shape index (κ1) is 24.5. The number of carbonyl (C=O) groups is 4. The lowest BCUT2D eigenvalue weighted by molar-refractivity contribution is -0.121. The summed E-state index contributed by atoms with van der Waals surface area (Å²) < 4.78 is 4.67. The highest BCUT2D eigenvalue weighted by Crippen LogP contribution is 2.34. The van der Waals surface area contributed by atoms with Crippen LogP contribution in [0.15, 0.2) is 77.7 Å². The Hall–Kier alpha value is -3.62. The number of anilines is 2. The predicted molar refractivity (Wildman–Crippen MR) is 135 cm³/mol. The zero-order chi connectivity index (χ0) is 24.9. The average Bonchev–Trinajstić information content (AvgIpc) is 3.13. The Balaban J connectivity index is 1.35. The molecule has 0 bridgehead atoms. The van der Waals surface area contributed by atoms with E-state index in [0.29, 0.717) is 22.0 Å². The number of rotatable bonds is 7. The zero-order valence-corrected chi connectivity index (χ0v) is 20.3. The highest BCUT2D eigenvalue weighted by molar-refractivity contribution is 8.00. The molecule has 0 spiro atoms. The number of esters is 1. The van der Waals surface area contributed by atoms with Crippen molar-refractivity contribution >= 4 is 58.4 Å². The highest BCUT2D eigenvalue weighted by atomic mass is 35.5. The van der Waals surface area contributed by atoms with E-state index in [9.17, 15) is 19.2 Å². The van der Waals surface area contributed by atoms with Gasteiger partial charge in [0, 0.05) is 22.0 Å². The topological polar surface area (TPSA) is 92.8 Å². The highest BCUT2D eigenvalue weighted by Gasteiger charge is 2.40. The molecule has 1 saturated heterocycles. The van der Waals surface area contributed by atoms with Crippen LogP contribution >= 0.6 is 23.4 Å². The van der Waals surface area contributed by atoms with E-state index in [-0.39, 0.29) is 30.6 Å². The lowest BCUT2D eigenvalue weighted by atomic mass is 10.1. The van der Waals surface area contributed by atoms with Gasteiger partial charge in [-0.1, -0.05) is 23.7 Å². The summed E-state index contributed by atoms with van der Waals surface area (Å²) in [5.41, 5.74) is 2.23. The fourth-order valence-corrected chi connectivity index (χ4v) is 4.79. The molecule has 1 N–H and O–H groups in total. The van der Waals surface area contributed by atoms with Gasteiger partial charge in [-0.3, -0.25) is 14.4 Å². The monoisotopic (exact) mass is 508 g/mol. The van der Waals surface area contributed by atoms with E-state index in [1.807, 2.05) is 0 Å². The van der Waals surface area contributed by atoms with Gasteiger partial charge in [0.25, 0.3) is 0 Å². The second-order valence-corrected chi connectivity index (χ2v) is 9.50. The number of halogens is 1. The van der Waals surface area contributed by atoms with Crippen LogP contribution in [0.25, 0.3) is 0 Å². The van der Waals surface area contributed by atoms with E-state index in [0.717, 1.165) is 15.4 Å². The smallest absolute Gasteiger partial charge is 0.337 e. The van der Waals surface area contributed by atoms with E-state index >= 15 is 0 Å². The summed E-state index contributed by atoms with van der Waals surface area (Å²) in [6.07, 6.45) is 0.296. The maximum Gasteiger partial charge on any atom is 0.337 e. The maximum absolute atomic E-state index is 12.9. The van der Waals surface area contributed by atoms with Crippen LogP contribution in [-0.2, 0) is 25.5 Å². The second kappa shape index (κ2) is 10.8. The minimum atomic E-state index is -0.562. The van der Waals surface area contributed by atoms with Crippen LogP contribution in [0.3, 0.4) is 0 Å². The molecule has 3 aromatic carbocycles. The van der Waals surface area contributed by atoms with Crippen molar-refractivity contribution < 1.29 is 23.9 Å². The Kier molecular flexibility index (Phi) is 7.53. The molecule has 3 aromatic rings. The molecular formula is C26H21ClN2O5S. The molecule has 1 atom stereocenters. The number of amides is 3. The Labute approximate surface area is 211 Å². The molecule has 0 aromatic heterocycles. The summed E-state index contributed by atoms with van der Waals surface area (Å²) in [6.45, 7) is 0. The number of benzene rings is 3. The summed E-state index contributed by atoms with van der Waals surface area (Å²) in [5.74, 6) is -1.26. The molecule has 1 unspecified atom stereocenters. The third kappa shape index (κ3) is 5.90. The predicted octanol–water partition coefficient (Wildman–Crippen LogP) is 4.73. The fraction of sp³-hybridized carbons (Fsp3) is 0.154. The SMILES string of the molecule is COC(=O)c1ccc(N2C(=O)CC(Sc3ccc(NC(=O)Cc4ccc(Cl)cc4)cc3)C2=O)cc1.